The van der Waals surface area contributed by atoms with Crippen LogP contribution in [0.25, 0.3) is 0 Å². The van der Waals surface area contributed by atoms with E-state index in [-0.39, 0.29) is 23.7 Å². The molecule has 0 aromatic carbocycles. The van der Waals surface area contributed by atoms with E-state index in [1.165, 1.54) is 0 Å². The molecule has 0 radical (unpaired) electrons. The predicted molar refractivity (Wildman–Crippen MR) is 120 cm³/mol. The maximum atomic E-state index is 12.4. The summed E-state index contributed by atoms with van der Waals surface area (Å²) in [4.78, 5) is 47.7. The van der Waals surface area contributed by atoms with E-state index < -0.39 is 29.7 Å². The molecule has 0 heterocycles. The third kappa shape index (κ3) is 10.8. The van der Waals surface area contributed by atoms with Gasteiger partial charge in [-0.3, -0.25) is 9.59 Å². The number of alkyl carbamates (subject to hydrolysis) is 1. The number of thioether (sulfide) groups is 1. The minimum atomic E-state index is -1.01. The van der Waals surface area contributed by atoms with Gasteiger partial charge in [-0.05, 0) is 77.7 Å². The lowest BCUT2D eigenvalue weighted by atomic mass is 9.81. The van der Waals surface area contributed by atoms with Gasteiger partial charge in [0.1, 0.15) is 17.7 Å². The van der Waals surface area contributed by atoms with Gasteiger partial charge in [0.2, 0.25) is 11.8 Å². The lowest BCUT2D eigenvalue weighted by molar-refractivity contribution is -0.142. The molecular formula is C21H37N3O6S. The topological polar surface area (TPSA) is 134 Å². The molecule has 0 aliphatic heterocycles. The average Bonchev–Trinajstić information content (AvgIpc) is 2.67. The second-order valence-electron chi connectivity index (χ2n) is 9.01. The molecule has 1 aliphatic rings. The SMILES string of the molecule is CSCC[C@H](NC(=O)C1CCC(CNC(=O)[C@@H](C)NC(=O)OC(C)(C)C)CC1)C(=O)O. The highest BCUT2D eigenvalue weighted by Gasteiger charge is 2.30. The molecule has 31 heavy (non-hydrogen) atoms. The molecule has 0 aromatic rings. The van der Waals surface area contributed by atoms with Crippen molar-refractivity contribution in [1.82, 2.24) is 16.0 Å². The molecule has 0 aromatic heterocycles. The molecule has 10 heteroatoms. The molecule has 0 bridgehead atoms. The van der Waals surface area contributed by atoms with E-state index in [4.69, 9.17) is 4.74 Å². The van der Waals surface area contributed by atoms with Gasteiger partial charge in [0, 0.05) is 12.5 Å². The molecular weight excluding hydrogens is 422 g/mol. The number of carboxylic acid groups (broad SMARTS) is 1. The number of amides is 3. The molecule has 2 atom stereocenters. The van der Waals surface area contributed by atoms with Crippen molar-refractivity contribution in [2.24, 2.45) is 11.8 Å². The Kier molecular flexibility index (Phi) is 11.2. The van der Waals surface area contributed by atoms with Crippen LogP contribution in [0.15, 0.2) is 0 Å². The third-order valence-corrected chi connectivity index (χ3v) is 5.78. The highest BCUT2D eigenvalue weighted by molar-refractivity contribution is 7.98. The van der Waals surface area contributed by atoms with Gasteiger partial charge in [-0.1, -0.05) is 0 Å². The van der Waals surface area contributed by atoms with Gasteiger partial charge in [0.05, 0.1) is 0 Å². The zero-order chi connectivity index (χ0) is 23.6. The quantitative estimate of drug-likeness (QED) is 0.393. The Balaban J connectivity index is 2.36. The van der Waals surface area contributed by atoms with Crippen LogP contribution in [-0.2, 0) is 19.1 Å². The number of carbonyl (C=O) groups excluding carboxylic acids is 3. The zero-order valence-corrected chi connectivity index (χ0v) is 20.0. The van der Waals surface area contributed by atoms with Gasteiger partial charge in [-0.15, -0.1) is 0 Å². The molecule has 0 unspecified atom stereocenters. The van der Waals surface area contributed by atoms with E-state index in [1.807, 2.05) is 6.26 Å². The maximum absolute atomic E-state index is 12.4. The average molecular weight is 460 g/mol. The number of ether oxygens (including phenoxy) is 1. The summed E-state index contributed by atoms with van der Waals surface area (Å²) in [6.45, 7) is 7.31. The van der Waals surface area contributed by atoms with Crippen LogP contribution < -0.4 is 16.0 Å². The summed E-state index contributed by atoms with van der Waals surface area (Å²) in [5, 5.41) is 17.3. The molecule has 1 aliphatic carbocycles. The van der Waals surface area contributed by atoms with E-state index in [2.05, 4.69) is 16.0 Å². The van der Waals surface area contributed by atoms with Crippen molar-refractivity contribution in [2.45, 2.75) is 77.5 Å². The van der Waals surface area contributed by atoms with Crippen molar-refractivity contribution in [2.75, 3.05) is 18.6 Å². The molecule has 3 amide bonds. The first kappa shape index (κ1) is 27.1. The van der Waals surface area contributed by atoms with Crippen molar-refractivity contribution in [3.05, 3.63) is 0 Å². The van der Waals surface area contributed by atoms with Crippen molar-refractivity contribution < 1.29 is 29.0 Å². The monoisotopic (exact) mass is 459 g/mol. The highest BCUT2D eigenvalue weighted by atomic mass is 32.2. The number of hydrogen-bond acceptors (Lipinski definition) is 6. The van der Waals surface area contributed by atoms with Crippen LogP contribution in [0, 0.1) is 11.8 Å². The van der Waals surface area contributed by atoms with E-state index in [0.717, 1.165) is 12.8 Å². The fraction of sp³-hybridized carbons (Fsp3) is 0.810. The number of aliphatic carboxylic acids is 1. The second-order valence-corrected chi connectivity index (χ2v) is 10.00. The Morgan fingerprint density at radius 1 is 1.10 bits per heavy atom. The lowest BCUT2D eigenvalue weighted by Crippen LogP contribution is -2.48. The van der Waals surface area contributed by atoms with Crippen molar-refractivity contribution in [3.63, 3.8) is 0 Å². The van der Waals surface area contributed by atoms with Gasteiger partial charge < -0.3 is 25.8 Å². The summed E-state index contributed by atoms with van der Waals surface area (Å²) < 4.78 is 5.15. The number of carboxylic acids is 1. The van der Waals surface area contributed by atoms with E-state index in [0.29, 0.717) is 31.6 Å². The Morgan fingerprint density at radius 3 is 2.23 bits per heavy atom. The Morgan fingerprint density at radius 2 is 1.71 bits per heavy atom. The molecule has 9 nitrogen and oxygen atoms in total. The van der Waals surface area contributed by atoms with Crippen LogP contribution >= 0.6 is 11.8 Å². The lowest BCUT2D eigenvalue weighted by Gasteiger charge is -2.29. The van der Waals surface area contributed by atoms with E-state index >= 15 is 0 Å². The van der Waals surface area contributed by atoms with E-state index in [1.54, 1.807) is 39.5 Å². The van der Waals surface area contributed by atoms with Gasteiger partial charge in [-0.2, -0.15) is 11.8 Å². The summed E-state index contributed by atoms with van der Waals surface area (Å²) in [7, 11) is 0. The van der Waals surface area contributed by atoms with Gasteiger partial charge in [-0.25, -0.2) is 9.59 Å². The van der Waals surface area contributed by atoms with Gasteiger partial charge in [0.25, 0.3) is 0 Å². The smallest absolute Gasteiger partial charge is 0.408 e. The minimum Gasteiger partial charge on any atom is -0.480 e. The van der Waals surface area contributed by atoms with Crippen LogP contribution in [-0.4, -0.2) is 65.2 Å². The van der Waals surface area contributed by atoms with Crippen molar-refractivity contribution in [3.8, 4) is 0 Å². The van der Waals surface area contributed by atoms with Crippen LogP contribution in [0.3, 0.4) is 0 Å². The summed E-state index contributed by atoms with van der Waals surface area (Å²) in [6.07, 6.45) is 4.52. The zero-order valence-electron chi connectivity index (χ0n) is 19.2. The van der Waals surface area contributed by atoms with Gasteiger partial charge >= 0.3 is 12.1 Å². The number of rotatable bonds is 10. The van der Waals surface area contributed by atoms with Crippen LogP contribution in [0.2, 0.25) is 0 Å². The Hall–Kier alpha value is -1.97. The first-order valence-corrected chi connectivity index (χ1v) is 12.1. The second kappa shape index (κ2) is 12.8. The molecule has 1 fully saturated rings. The highest BCUT2D eigenvalue weighted by Crippen LogP contribution is 2.28. The molecule has 178 valence electrons. The maximum Gasteiger partial charge on any atom is 0.408 e. The largest absolute Gasteiger partial charge is 0.480 e. The Bertz CT molecular complexity index is 629. The number of carbonyl (C=O) groups is 4. The fourth-order valence-electron chi connectivity index (χ4n) is 3.36. The standard InChI is InChI=1S/C21H37N3O6S/c1-13(23-20(29)30-21(2,3)4)17(25)22-12-14-6-8-15(9-7-14)18(26)24-16(19(27)28)10-11-31-5/h13-16H,6-12H2,1-5H3,(H,22,25)(H,23,29)(H,24,26)(H,27,28)/t13-,14?,15?,16+/m1/s1. The summed E-state index contributed by atoms with van der Waals surface area (Å²) in [6, 6.07) is -1.57. The Labute approximate surface area is 188 Å². The molecule has 0 spiro atoms. The minimum absolute atomic E-state index is 0.198. The molecule has 4 N–H and O–H groups in total. The predicted octanol–water partition coefficient (Wildman–Crippen LogP) is 2.14. The van der Waals surface area contributed by atoms with Crippen LogP contribution in [0.4, 0.5) is 4.79 Å². The summed E-state index contributed by atoms with van der Waals surface area (Å²) >= 11 is 1.55. The first-order chi connectivity index (χ1) is 14.4. The molecule has 0 saturated heterocycles. The normalized spacial score (nSPS) is 20.8. The summed E-state index contributed by atoms with van der Waals surface area (Å²) in [5.74, 6) is -0.780. The summed E-state index contributed by atoms with van der Waals surface area (Å²) in [5.41, 5.74) is -0.634. The fourth-order valence-corrected chi connectivity index (χ4v) is 3.83. The van der Waals surface area contributed by atoms with Gasteiger partial charge in [0.15, 0.2) is 0 Å². The van der Waals surface area contributed by atoms with Crippen LogP contribution in [0.1, 0.15) is 59.8 Å². The van der Waals surface area contributed by atoms with E-state index in [9.17, 15) is 24.3 Å². The van der Waals surface area contributed by atoms with Crippen molar-refractivity contribution >= 4 is 35.6 Å². The number of hydrogen-bond donors (Lipinski definition) is 4. The third-order valence-electron chi connectivity index (χ3n) is 5.13. The first-order valence-electron chi connectivity index (χ1n) is 10.7. The molecule has 1 saturated carbocycles. The molecule has 1 rings (SSSR count). The van der Waals surface area contributed by atoms with Crippen molar-refractivity contribution in [1.29, 1.82) is 0 Å². The number of nitrogens with one attached hydrogen (secondary N) is 3. The van der Waals surface area contributed by atoms with Crippen LogP contribution in [0.5, 0.6) is 0 Å².